The minimum atomic E-state index is 0. The number of nitrogens with one attached hydrogen (secondary N) is 2. The van der Waals surface area contributed by atoms with E-state index in [0.29, 0.717) is 0 Å². The van der Waals surface area contributed by atoms with Crippen LogP contribution >= 0.6 is 35.3 Å². The Morgan fingerprint density at radius 1 is 1.16 bits per heavy atom. The van der Waals surface area contributed by atoms with Gasteiger partial charge in [-0.1, -0.05) is 45.0 Å². The highest BCUT2D eigenvalue weighted by Gasteiger charge is 2.12. The Labute approximate surface area is 172 Å². The molecular formula is C19H29IN4S. The van der Waals surface area contributed by atoms with Crippen molar-refractivity contribution in [2.45, 2.75) is 46.1 Å². The van der Waals surface area contributed by atoms with Crippen molar-refractivity contribution in [2.75, 3.05) is 13.6 Å². The predicted molar refractivity (Wildman–Crippen MR) is 119 cm³/mol. The zero-order valence-electron chi connectivity index (χ0n) is 15.7. The van der Waals surface area contributed by atoms with E-state index in [-0.39, 0.29) is 29.4 Å². The van der Waals surface area contributed by atoms with Crippen LogP contribution < -0.4 is 10.6 Å². The molecule has 138 valence electrons. The minimum absolute atomic E-state index is 0. The zero-order valence-corrected chi connectivity index (χ0v) is 18.9. The molecule has 1 aromatic heterocycles. The van der Waals surface area contributed by atoms with Crippen molar-refractivity contribution in [1.29, 1.82) is 0 Å². The van der Waals surface area contributed by atoms with Crippen molar-refractivity contribution in [2.24, 2.45) is 4.99 Å². The van der Waals surface area contributed by atoms with Gasteiger partial charge < -0.3 is 10.6 Å². The zero-order chi connectivity index (χ0) is 17.6. The SMILES string of the molecule is CN=C(NCCc1csc(C)n1)NCc1ccc(C(C)(C)C)cc1.I. The molecule has 2 rings (SSSR count). The maximum atomic E-state index is 4.47. The topological polar surface area (TPSA) is 49.3 Å². The molecule has 0 saturated carbocycles. The number of guanidine groups is 1. The standard InChI is InChI=1S/C19H28N4S.HI/c1-14-23-17(13-24-14)10-11-21-18(20-5)22-12-15-6-8-16(9-7-15)19(2,3)4;/h6-9,13H,10-12H2,1-5H3,(H2,20,21,22);1H. The lowest BCUT2D eigenvalue weighted by molar-refractivity contribution is 0.590. The van der Waals surface area contributed by atoms with Crippen LogP contribution in [0.2, 0.25) is 0 Å². The van der Waals surface area contributed by atoms with E-state index < -0.39 is 0 Å². The second kappa shape index (κ2) is 10.1. The van der Waals surface area contributed by atoms with E-state index in [1.807, 2.05) is 6.92 Å². The molecule has 0 saturated heterocycles. The van der Waals surface area contributed by atoms with Gasteiger partial charge in [-0.25, -0.2) is 4.98 Å². The molecule has 6 heteroatoms. The highest BCUT2D eigenvalue weighted by Crippen LogP contribution is 2.22. The van der Waals surface area contributed by atoms with Crippen molar-refractivity contribution < 1.29 is 0 Å². The van der Waals surface area contributed by atoms with Gasteiger partial charge >= 0.3 is 0 Å². The predicted octanol–water partition coefficient (Wildman–Crippen LogP) is 4.27. The van der Waals surface area contributed by atoms with E-state index in [0.717, 1.165) is 36.2 Å². The third-order valence-corrected chi connectivity index (χ3v) is 4.67. The van der Waals surface area contributed by atoms with Gasteiger partial charge in [0, 0.05) is 31.9 Å². The third kappa shape index (κ3) is 7.32. The molecule has 0 aliphatic carbocycles. The number of aliphatic imine (C=N–C) groups is 1. The summed E-state index contributed by atoms with van der Waals surface area (Å²) < 4.78 is 0. The van der Waals surface area contributed by atoms with Crippen LogP contribution in [-0.2, 0) is 18.4 Å². The van der Waals surface area contributed by atoms with Gasteiger partial charge in [-0.15, -0.1) is 35.3 Å². The summed E-state index contributed by atoms with van der Waals surface area (Å²) >= 11 is 1.69. The lowest BCUT2D eigenvalue weighted by Gasteiger charge is -2.19. The number of thiazole rings is 1. The lowest BCUT2D eigenvalue weighted by Crippen LogP contribution is -2.37. The number of rotatable bonds is 5. The van der Waals surface area contributed by atoms with Crippen LogP contribution in [0.15, 0.2) is 34.6 Å². The summed E-state index contributed by atoms with van der Waals surface area (Å²) in [5.74, 6) is 0.821. The van der Waals surface area contributed by atoms with Gasteiger partial charge in [-0.3, -0.25) is 4.99 Å². The number of hydrogen-bond acceptors (Lipinski definition) is 3. The Morgan fingerprint density at radius 3 is 2.36 bits per heavy atom. The first-order valence-corrected chi connectivity index (χ1v) is 9.21. The van der Waals surface area contributed by atoms with Crippen molar-refractivity contribution in [1.82, 2.24) is 15.6 Å². The fraction of sp³-hybridized carbons (Fsp3) is 0.474. The summed E-state index contributed by atoms with van der Waals surface area (Å²) in [7, 11) is 1.80. The molecule has 0 fully saturated rings. The van der Waals surface area contributed by atoms with Gasteiger partial charge in [0.2, 0.25) is 0 Å². The molecule has 25 heavy (non-hydrogen) atoms. The molecule has 0 unspecified atom stereocenters. The second-order valence-corrected chi connectivity index (χ2v) is 7.97. The van der Waals surface area contributed by atoms with Crippen molar-refractivity contribution in [3.63, 3.8) is 0 Å². The van der Waals surface area contributed by atoms with E-state index in [2.05, 4.69) is 71.0 Å². The second-order valence-electron chi connectivity index (χ2n) is 6.91. The number of aryl methyl sites for hydroxylation is 1. The van der Waals surface area contributed by atoms with Gasteiger partial charge in [-0.2, -0.15) is 0 Å². The number of benzene rings is 1. The van der Waals surface area contributed by atoms with Gasteiger partial charge in [0.25, 0.3) is 0 Å². The first kappa shape index (κ1) is 21.9. The smallest absolute Gasteiger partial charge is 0.191 e. The third-order valence-electron chi connectivity index (χ3n) is 3.84. The van der Waals surface area contributed by atoms with E-state index in [1.54, 1.807) is 18.4 Å². The van der Waals surface area contributed by atoms with Crippen LogP contribution in [0.1, 0.15) is 42.6 Å². The molecular weight excluding hydrogens is 443 g/mol. The Hall–Kier alpha value is -1.15. The summed E-state index contributed by atoms with van der Waals surface area (Å²) in [6.07, 6.45) is 0.908. The molecule has 2 N–H and O–H groups in total. The first-order valence-electron chi connectivity index (χ1n) is 8.33. The van der Waals surface area contributed by atoms with E-state index in [9.17, 15) is 0 Å². The molecule has 0 aliphatic rings. The maximum Gasteiger partial charge on any atom is 0.191 e. The number of halogens is 1. The van der Waals surface area contributed by atoms with Gasteiger partial charge in [-0.05, 0) is 23.5 Å². The van der Waals surface area contributed by atoms with Crippen LogP contribution in [-0.4, -0.2) is 24.5 Å². The Balaban J connectivity index is 0.00000312. The lowest BCUT2D eigenvalue weighted by atomic mass is 9.87. The van der Waals surface area contributed by atoms with Crippen molar-refractivity contribution >= 4 is 41.3 Å². The van der Waals surface area contributed by atoms with Crippen molar-refractivity contribution in [3.05, 3.63) is 51.5 Å². The molecule has 2 aromatic rings. The van der Waals surface area contributed by atoms with Crippen LogP contribution in [0.4, 0.5) is 0 Å². The highest BCUT2D eigenvalue weighted by atomic mass is 127. The molecule has 0 radical (unpaired) electrons. The van der Waals surface area contributed by atoms with E-state index in [4.69, 9.17) is 0 Å². The molecule has 0 aliphatic heterocycles. The summed E-state index contributed by atoms with van der Waals surface area (Å²) in [5.41, 5.74) is 3.93. The Bertz CT molecular complexity index is 671. The molecule has 0 amide bonds. The summed E-state index contributed by atoms with van der Waals surface area (Å²) in [6.45, 7) is 10.3. The molecule has 0 bridgehead atoms. The van der Waals surface area contributed by atoms with Gasteiger partial charge in [0.15, 0.2) is 5.96 Å². The van der Waals surface area contributed by atoms with Gasteiger partial charge in [0.1, 0.15) is 0 Å². The largest absolute Gasteiger partial charge is 0.356 e. The molecule has 0 atom stereocenters. The van der Waals surface area contributed by atoms with Crippen molar-refractivity contribution in [3.8, 4) is 0 Å². The minimum Gasteiger partial charge on any atom is -0.356 e. The monoisotopic (exact) mass is 472 g/mol. The average Bonchev–Trinajstić information content (AvgIpc) is 2.95. The van der Waals surface area contributed by atoms with Crippen LogP contribution in [0.3, 0.4) is 0 Å². The first-order chi connectivity index (χ1) is 11.4. The van der Waals surface area contributed by atoms with Crippen LogP contribution in [0.25, 0.3) is 0 Å². The number of hydrogen-bond donors (Lipinski definition) is 2. The summed E-state index contributed by atoms with van der Waals surface area (Å²) in [4.78, 5) is 8.75. The Kier molecular flexibility index (Phi) is 8.85. The fourth-order valence-corrected chi connectivity index (χ4v) is 3.01. The maximum absolute atomic E-state index is 4.47. The number of nitrogens with zero attached hydrogens (tertiary/aromatic N) is 2. The quantitative estimate of drug-likeness (QED) is 0.388. The van der Waals surface area contributed by atoms with Crippen LogP contribution in [0, 0.1) is 6.92 Å². The molecule has 4 nitrogen and oxygen atoms in total. The summed E-state index contributed by atoms with van der Waals surface area (Å²) in [6, 6.07) is 8.77. The fourth-order valence-electron chi connectivity index (χ4n) is 2.36. The van der Waals surface area contributed by atoms with Crippen LogP contribution in [0.5, 0.6) is 0 Å². The van der Waals surface area contributed by atoms with E-state index >= 15 is 0 Å². The number of aromatic nitrogens is 1. The summed E-state index contributed by atoms with van der Waals surface area (Å²) in [5, 5.41) is 9.92. The normalized spacial score (nSPS) is 11.8. The highest BCUT2D eigenvalue weighted by molar-refractivity contribution is 14.0. The molecule has 0 spiro atoms. The van der Waals surface area contributed by atoms with E-state index in [1.165, 1.54) is 11.1 Å². The molecule has 1 heterocycles. The Morgan fingerprint density at radius 2 is 1.84 bits per heavy atom. The van der Waals surface area contributed by atoms with Gasteiger partial charge in [0.05, 0.1) is 10.7 Å². The average molecular weight is 472 g/mol. The molecule has 1 aromatic carbocycles.